The Hall–Kier alpha value is -3.83. The maximum absolute atomic E-state index is 13.9. The van der Waals surface area contributed by atoms with Crippen molar-refractivity contribution in [1.82, 2.24) is 15.0 Å². The first-order valence-electron chi connectivity index (χ1n) is 13.0. The number of hydrogen-bond acceptors (Lipinski definition) is 9. The number of thioether (sulfide) groups is 1. The van der Waals surface area contributed by atoms with Gasteiger partial charge in [-0.05, 0) is 86.2 Å². The number of fused-ring (bicyclic) bond motifs is 3. The molecule has 2 aromatic carbocycles. The van der Waals surface area contributed by atoms with Gasteiger partial charge in [0.05, 0.1) is 43.9 Å². The molecule has 0 spiro atoms. The second-order valence-corrected chi connectivity index (χ2v) is 11.1. The van der Waals surface area contributed by atoms with Crippen LogP contribution < -0.4 is 25.2 Å². The van der Waals surface area contributed by atoms with Crippen LogP contribution in [-0.2, 0) is 17.6 Å². The summed E-state index contributed by atoms with van der Waals surface area (Å²) in [5.41, 5.74) is 4.98. The third-order valence-electron chi connectivity index (χ3n) is 6.51. The molecule has 0 aliphatic heterocycles. The molecule has 1 aliphatic carbocycles. The molecule has 5 rings (SSSR count). The monoisotopic (exact) mass is 578 g/mol. The van der Waals surface area contributed by atoms with Gasteiger partial charge in [0.1, 0.15) is 10.6 Å². The Morgan fingerprint density at radius 2 is 1.90 bits per heavy atom. The summed E-state index contributed by atoms with van der Waals surface area (Å²) in [7, 11) is 3.12. The van der Waals surface area contributed by atoms with E-state index in [9.17, 15) is 9.59 Å². The summed E-state index contributed by atoms with van der Waals surface area (Å²) >= 11 is 2.79. The SMILES string of the molecule is CCOc1ccc(-n2c(SCC(=O)NN=Cc3ccc(OC)c(OC)c3)nc3sc4c(c3c2=O)CCCC4)cc1. The number of ether oxygens (including phenoxy) is 3. The highest BCUT2D eigenvalue weighted by molar-refractivity contribution is 7.99. The summed E-state index contributed by atoms with van der Waals surface area (Å²) in [6.45, 7) is 2.48. The molecule has 0 saturated carbocycles. The van der Waals surface area contributed by atoms with Gasteiger partial charge in [0.15, 0.2) is 16.7 Å². The second kappa shape index (κ2) is 12.6. The van der Waals surface area contributed by atoms with Crippen LogP contribution in [0.3, 0.4) is 0 Å². The first-order valence-corrected chi connectivity index (χ1v) is 14.8. The van der Waals surface area contributed by atoms with E-state index in [1.807, 2.05) is 31.2 Å². The predicted octanol–water partition coefficient (Wildman–Crippen LogP) is 4.98. The molecule has 0 unspecified atom stereocenters. The zero-order valence-corrected chi connectivity index (χ0v) is 24.2. The minimum Gasteiger partial charge on any atom is -0.494 e. The van der Waals surface area contributed by atoms with Crippen LogP contribution in [0.5, 0.6) is 17.2 Å². The van der Waals surface area contributed by atoms with Gasteiger partial charge in [-0.3, -0.25) is 14.2 Å². The van der Waals surface area contributed by atoms with Crippen molar-refractivity contribution in [3.05, 3.63) is 68.8 Å². The Balaban J connectivity index is 1.39. The molecule has 2 aromatic heterocycles. The highest BCUT2D eigenvalue weighted by Gasteiger charge is 2.23. The number of aryl methyl sites for hydroxylation is 2. The first kappa shape index (κ1) is 27.7. The lowest BCUT2D eigenvalue weighted by Gasteiger charge is -2.14. The molecule has 0 radical (unpaired) electrons. The second-order valence-electron chi connectivity index (χ2n) is 9.05. The van der Waals surface area contributed by atoms with Crippen molar-refractivity contribution in [3.63, 3.8) is 0 Å². The fourth-order valence-corrected chi connectivity index (χ4v) is 6.75. The van der Waals surface area contributed by atoms with Crippen LogP contribution in [0.2, 0.25) is 0 Å². The van der Waals surface area contributed by atoms with Crippen molar-refractivity contribution >= 4 is 45.4 Å². The number of rotatable bonds is 10. The van der Waals surface area contributed by atoms with Crippen LogP contribution in [0.1, 0.15) is 35.8 Å². The lowest BCUT2D eigenvalue weighted by molar-refractivity contribution is -0.118. The van der Waals surface area contributed by atoms with Crippen LogP contribution in [0.25, 0.3) is 15.9 Å². The summed E-state index contributed by atoms with van der Waals surface area (Å²) in [5, 5.41) is 5.22. The Kier molecular flexibility index (Phi) is 8.71. The average molecular weight is 579 g/mol. The van der Waals surface area contributed by atoms with Crippen LogP contribution in [0.4, 0.5) is 0 Å². The fourth-order valence-electron chi connectivity index (χ4n) is 4.64. The van der Waals surface area contributed by atoms with Crippen LogP contribution in [0, 0.1) is 0 Å². The molecule has 9 nitrogen and oxygen atoms in total. The number of methoxy groups -OCH3 is 2. The Morgan fingerprint density at radius 3 is 2.65 bits per heavy atom. The van der Waals surface area contributed by atoms with E-state index in [2.05, 4.69) is 10.5 Å². The van der Waals surface area contributed by atoms with Gasteiger partial charge in [0.25, 0.3) is 11.5 Å². The van der Waals surface area contributed by atoms with E-state index < -0.39 is 0 Å². The number of thiophene rings is 1. The maximum Gasteiger partial charge on any atom is 0.267 e. The van der Waals surface area contributed by atoms with E-state index in [1.54, 1.807) is 48.3 Å². The molecule has 4 aromatic rings. The van der Waals surface area contributed by atoms with Crippen molar-refractivity contribution in [1.29, 1.82) is 0 Å². The molecule has 0 bridgehead atoms. The Labute approximate surface area is 240 Å². The van der Waals surface area contributed by atoms with E-state index in [4.69, 9.17) is 19.2 Å². The normalized spacial score (nSPS) is 12.9. The zero-order chi connectivity index (χ0) is 28.1. The van der Waals surface area contributed by atoms with Crippen LogP contribution >= 0.6 is 23.1 Å². The Morgan fingerprint density at radius 1 is 1.12 bits per heavy atom. The van der Waals surface area contributed by atoms with Gasteiger partial charge >= 0.3 is 0 Å². The highest BCUT2D eigenvalue weighted by Crippen LogP contribution is 2.35. The summed E-state index contributed by atoms with van der Waals surface area (Å²) in [6.07, 6.45) is 5.59. The zero-order valence-electron chi connectivity index (χ0n) is 22.6. The van der Waals surface area contributed by atoms with E-state index in [1.165, 1.54) is 22.9 Å². The van der Waals surface area contributed by atoms with Gasteiger partial charge in [-0.25, -0.2) is 10.4 Å². The molecule has 1 aliphatic rings. The fraction of sp³-hybridized carbons (Fsp3) is 0.310. The predicted molar refractivity (Wildman–Crippen MR) is 159 cm³/mol. The molecule has 208 valence electrons. The van der Waals surface area contributed by atoms with E-state index in [0.29, 0.717) is 34.3 Å². The van der Waals surface area contributed by atoms with Gasteiger partial charge < -0.3 is 14.2 Å². The standard InChI is InChI=1S/C29H30N4O5S2/c1-4-38-20-12-10-19(11-13-20)33-28(35)26-21-7-5-6-8-24(21)40-27(26)31-29(33)39-17-25(34)32-30-16-18-9-14-22(36-2)23(15-18)37-3/h9-16H,4-8,17H2,1-3H3,(H,32,34). The molecular weight excluding hydrogens is 548 g/mol. The van der Waals surface area contributed by atoms with E-state index >= 15 is 0 Å². The van der Waals surface area contributed by atoms with Crippen molar-refractivity contribution < 1.29 is 19.0 Å². The first-order chi connectivity index (χ1) is 19.5. The van der Waals surface area contributed by atoms with E-state index in [0.717, 1.165) is 47.4 Å². The third-order valence-corrected chi connectivity index (χ3v) is 8.63. The van der Waals surface area contributed by atoms with Gasteiger partial charge in [0.2, 0.25) is 0 Å². The molecule has 11 heteroatoms. The number of nitrogens with zero attached hydrogens (tertiary/aromatic N) is 3. The van der Waals surface area contributed by atoms with E-state index in [-0.39, 0.29) is 17.2 Å². The quantitative estimate of drug-likeness (QED) is 0.122. The number of benzene rings is 2. The summed E-state index contributed by atoms with van der Waals surface area (Å²) < 4.78 is 17.7. The molecule has 1 N–H and O–H groups in total. The van der Waals surface area contributed by atoms with Gasteiger partial charge in [-0.2, -0.15) is 5.10 Å². The highest BCUT2D eigenvalue weighted by atomic mass is 32.2. The molecule has 1 amide bonds. The number of carbonyl (C=O) groups is 1. The molecule has 0 saturated heterocycles. The van der Waals surface area contributed by atoms with Crippen molar-refractivity contribution in [2.45, 2.75) is 37.8 Å². The smallest absolute Gasteiger partial charge is 0.267 e. The average Bonchev–Trinajstić information content (AvgIpc) is 3.35. The van der Waals surface area contributed by atoms with Crippen molar-refractivity contribution in [3.8, 4) is 22.9 Å². The number of aromatic nitrogens is 2. The number of amides is 1. The topological polar surface area (TPSA) is 104 Å². The minimum absolute atomic E-state index is 0.0311. The summed E-state index contributed by atoms with van der Waals surface area (Å²) in [4.78, 5) is 33.4. The molecule has 0 atom stereocenters. The molecular formula is C29H30N4O5S2. The lowest BCUT2D eigenvalue weighted by Crippen LogP contribution is -2.24. The van der Waals surface area contributed by atoms with Crippen LogP contribution in [-0.4, -0.2) is 48.3 Å². The largest absolute Gasteiger partial charge is 0.494 e. The molecule has 40 heavy (non-hydrogen) atoms. The molecule has 2 heterocycles. The lowest BCUT2D eigenvalue weighted by atomic mass is 9.97. The Bertz CT molecular complexity index is 1610. The number of hydrazone groups is 1. The van der Waals surface area contributed by atoms with Gasteiger partial charge in [0, 0.05) is 4.88 Å². The van der Waals surface area contributed by atoms with Crippen molar-refractivity contribution in [2.24, 2.45) is 5.10 Å². The number of nitrogens with one attached hydrogen (secondary N) is 1. The van der Waals surface area contributed by atoms with Gasteiger partial charge in [-0.15, -0.1) is 11.3 Å². The van der Waals surface area contributed by atoms with Crippen LogP contribution in [0.15, 0.2) is 57.5 Å². The van der Waals surface area contributed by atoms with Crippen molar-refractivity contribution in [2.75, 3.05) is 26.6 Å². The number of carbonyl (C=O) groups excluding carboxylic acids is 1. The molecule has 0 fully saturated rings. The maximum atomic E-state index is 13.9. The number of hydrogen-bond donors (Lipinski definition) is 1. The minimum atomic E-state index is -0.320. The summed E-state index contributed by atoms with van der Waals surface area (Å²) in [5.74, 6) is 1.61. The van der Waals surface area contributed by atoms with Gasteiger partial charge in [-0.1, -0.05) is 11.8 Å². The third kappa shape index (κ3) is 5.85. The summed E-state index contributed by atoms with van der Waals surface area (Å²) in [6, 6.07) is 12.7.